The molecule has 0 saturated heterocycles. The number of pyridine rings is 1. The highest BCUT2D eigenvalue weighted by atomic mass is 35.5. The van der Waals surface area contributed by atoms with Crippen LogP contribution in [0.5, 0.6) is 0 Å². The van der Waals surface area contributed by atoms with Gasteiger partial charge in [0.1, 0.15) is 11.0 Å². The monoisotopic (exact) mass is 322 g/mol. The molecule has 0 saturated carbocycles. The van der Waals surface area contributed by atoms with E-state index in [1.807, 2.05) is 0 Å². The molecule has 1 atom stereocenters. The highest BCUT2D eigenvalue weighted by molar-refractivity contribution is 6.29. The van der Waals surface area contributed by atoms with Crippen LogP contribution in [0.3, 0.4) is 0 Å². The molecule has 22 heavy (non-hydrogen) atoms. The van der Waals surface area contributed by atoms with E-state index in [9.17, 15) is 9.18 Å². The molecule has 2 aromatic rings. The standard InChI is InChI=1S/C16H16ClFN2O2/c1-16(22-2,12-5-3-4-6-13(12)18)15(21)20-10-11-7-8-19-14(17)9-11/h3-9H,10H2,1-2H3,(H,20,21). The molecule has 1 N–H and O–H groups in total. The smallest absolute Gasteiger partial charge is 0.256 e. The molecule has 0 bridgehead atoms. The molecule has 2 rings (SSSR count). The second-order valence-electron chi connectivity index (χ2n) is 4.89. The average Bonchev–Trinajstić information content (AvgIpc) is 2.52. The van der Waals surface area contributed by atoms with Gasteiger partial charge in [-0.25, -0.2) is 9.37 Å². The van der Waals surface area contributed by atoms with Crippen molar-refractivity contribution < 1.29 is 13.9 Å². The van der Waals surface area contributed by atoms with Crippen molar-refractivity contribution in [3.8, 4) is 0 Å². The molecule has 6 heteroatoms. The Morgan fingerprint density at radius 1 is 1.41 bits per heavy atom. The predicted molar refractivity (Wildman–Crippen MR) is 81.9 cm³/mol. The summed E-state index contributed by atoms with van der Waals surface area (Å²) in [5, 5.41) is 3.07. The second-order valence-corrected chi connectivity index (χ2v) is 5.27. The zero-order chi connectivity index (χ0) is 16.2. The van der Waals surface area contributed by atoms with Gasteiger partial charge in [-0.3, -0.25) is 4.79 Å². The summed E-state index contributed by atoms with van der Waals surface area (Å²) in [7, 11) is 1.37. The maximum absolute atomic E-state index is 14.0. The van der Waals surface area contributed by atoms with Crippen molar-refractivity contribution >= 4 is 17.5 Å². The van der Waals surface area contributed by atoms with E-state index in [4.69, 9.17) is 16.3 Å². The largest absolute Gasteiger partial charge is 0.364 e. The minimum Gasteiger partial charge on any atom is -0.364 e. The molecule has 1 aromatic carbocycles. The highest BCUT2D eigenvalue weighted by Crippen LogP contribution is 2.27. The Morgan fingerprint density at radius 3 is 2.77 bits per heavy atom. The van der Waals surface area contributed by atoms with E-state index < -0.39 is 17.3 Å². The third-order valence-electron chi connectivity index (χ3n) is 3.47. The fourth-order valence-corrected chi connectivity index (χ4v) is 2.27. The van der Waals surface area contributed by atoms with Crippen LogP contribution in [-0.2, 0) is 21.7 Å². The fraction of sp³-hybridized carbons (Fsp3) is 0.250. The van der Waals surface area contributed by atoms with Gasteiger partial charge in [0.25, 0.3) is 5.91 Å². The summed E-state index contributed by atoms with van der Waals surface area (Å²) in [5.41, 5.74) is -0.439. The van der Waals surface area contributed by atoms with E-state index in [0.717, 1.165) is 5.56 Å². The summed E-state index contributed by atoms with van der Waals surface area (Å²) >= 11 is 5.80. The molecule has 1 aromatic heterocycles. The number of methoxy groups -OCH3 is 1. The second kappa shape index (κ2) is 6.85. The van der Waals surface area contributed by atoms with Crippen LogP contribution in [0.4, 0.5) is 4.39 Å². The molecule has 1 unspecified atom stereocenters. The molecule has 0 spiro atoms. The third kappa shape index (κ3) is 3.43. The molecule has 0 aliphatic carbocycles. The lowest BCUT2D eigenvalue weighted by Crippen LogP contribution is -2.44. The van der Waals surface area contributed by atoms with E-state index in [-0.39, 0.29) is 12.1 Å². The van der Waals surface area contributed by atoms with Crippen LogP contribution in [-0.4, -0.2) is 18.0 Å². The Labute approximate surface area is 133 Å². The van der Waals surface area contributed by atoms with Gasteiger partial charge in [0.05, 0.1) is 0 Å². The summed E-state index contributed by atoms with van der Waals surface area (Å²) in [6.45, 7) is 1.77. The van der Waals surface area contributed by atoms with Gasteiger partial charge < -0.3 is 10.1 Å². The van der Waals surface area contributed by atoms with Gasteiger partial charge >= 0.3 is 0 Å². The number of rotatable bonds is 5. The van der Waals surface area contributed by atoms with Crippen LogP contribution in [0.2, 0.25) is 5.15 Å². The Kier molecular flexibility index (Phi) is 5.11. The molecule has 4 nitrogen and oxygen atoms in total. The number of amides is 1. The van der Waals surface area contributed by atoms with Crippen molar-refractivity contribution in [2.45, 2.75) is 19.1 Å². The molecule has 0 fully saturated rings. The van der Waals surface area contributed by atoms with Crippen LogP contribution in [0, 0.1) is 5.82 Å². The molecule has 0 aliphatic rings. The van der Waals surface area contributed by atoms with Crippen LogP contribution in [0.1, 0.15) is 18.1 Å². The minimum atomic E-state index is -1.41. The minimum absolute atomic E-state index is 0.183. The van der Waals surface area contributed by atoms with Crippen LogP contribution in [0.25, 0.3) is 0 Å². The Bertz CT molecular complexity index is 681. The average molecular weight is 323 g/mol. The molecular formula is C16H16ClFN2O2. The summed E-state index contributed by atoms with van der Waals surface area (Å²) in [5.74, 6) is -0.929. The number of carbonyl (C=O) groups is 1. The number of ether oxygens (including phenoxy) is 1. The lowest BCUT2D eigenvalue weighted by molar-refractivity contribution is -0.143. The first-order valence-corrected chi connectivity index (χ1v) is 7.04. The van der Waals surface area contributed by atoms with E-state index in [0.29, 0.717) is 5.15 Å². The van der Waals surface area contributed by atoms with Crippen molar-refractivity contribution in [3.05, 3.63) is 64.7 Å². The third-order valence-corrected chi connectivity index (χ3v) is 3.68. The highest BCUT2D eigenvalue weighted by Gasteiger charge is 2.37. The number of aromatic nitrogens is 1. The van der Waals surface area contributed by atoms with Crippen molar-refractivity contribution in [2.75, 3.05) is 7.11 Å². The lowest BCUT2D eigenvalue weighted by Gasteiger charge is -2.27. The maximum Gasteiger partial charge on any atom is 0.256 e. The summed E-state index contributed by atoms with van der Waals surface area (Å²) < 4.78 is 19.3. The molecule has 1 amide bonds. The summed E-state index contributed by atoms with van der Waals surface area (Å²) in [6, 6.07) is 9.43. The van der Waals surface area contributed by atoms with Gasteiger partial charge in [-0.1, -0.05) is 29.8 Å². The first-order chi connectivity index (χ1) is 10.5. The van der Waals surface area contributed by atoms with Gasteiger partial charge in [-0.15, -0.1) is 0 Å². The van der Waals surface area contributed by atoms with Gasteiger partial charge in [-0.2, -0.15) is 0 Å². The van der Waals surface area contributed by atoms with Crippen molar-refractivity contribution in [1.29, 1.82) is 0 Å². The Hall–Kier alpha value is -1.98. The number of nitrogens with one attached hydrogen (secondary N) is 1. The molecular weight excluding hydrogens is 307 g/mol. The van der Waals surface area contributed by atoms with Crippen molar-refractivity contribution in [2.24, 2.45) is 0 Å². The summed E-state index contributed by atoms with van der Waals surface area (Å²) in [4.78, 5) is 16.3. The van der Waals surface area contributed by atoms with Crippen LogP contribution in [0.15, 0.2) is 42.6 Å². The number of hydrogen-bond donors (Lipinski definition) is 1. The normalized spacial score (nSPS) is 13.5. The number of hydrogen-bond acceptors (Lipinski definition) is 3. The predicted octanol–water partition coefficient (Wildman–Crippen LogP) is 3.05. The van der Waals surface area contributed by atoms with Crippen LogP contribution >= 0.6 is 11.6 Å². The van der Waals surface area contributed by atoms with Gasteiger partial charge in [0.2, 0.25) is 0 Å². The maximum atomic E-state index is 14.0. The number of nitrogens with zero attached hydrogens (tertiary/aromatic N) is 1. The zero-order valence-corrected chi connectivity index (χ0v) is 13.0. The van der Waals surface area contributed by atoms with E-state index in [2.05, 4.69) is 10.3 Å². The Morgan fingerprint density at radius 2 is 2.14 bits per heavy atom. The van der Waals surface area contributed by atoms with E-state index in [1.54, 1.807) is 30.5 Å². The Balaban J connectivity index is 2.17. The van der Waals surface area contributed by atoms with Gasteiger partial charge in [0, 0.05) is 25.4 Å². The molecule has 0 radical (unpaired) electrons. The SMILES string of the molecule is COC(C)(C(=O)NCc1ccnc(Cl)c1)c1ccccc1F. The first-order valence-electron chi connectivity index (χ1n) is 6.66. The zero-order valence-electron chi connectivity index (χ0n) is 12.3. The van der Waals surface area contributed by atoms with Crippen molar-refractivity contribution in [1.82, 2.24) is 10.3 Å². The quantitative estimate of drug-likeness (QED) is 0.861. The van der Waals surface area contributed by atoms with Gasteiger partial charge in [0.15, 0.2) is 5.60 Å². The topological polar surface area (TPSA) is 51.2 Å². The number of benzene rings is 1. The van der Waals surface area contributed by atoms with Crippen LogP contribution < -0.4 is 5.32 Å². The van der Waals surface area contributed by atoms with E-state index in [1.165, 1.54) is 26.2 Å². The summed E-state index contributed by atoms with van der Waals surface area (Å²) in [6.07, 6.45) is 1.55. The lowest BCUT2D eigenvalue weighted by atomic mass is 9.94. The van der Waals surface area contributed by atoms with Gasteiger partial charge in [-0.05, 0) is 30.7 Å². The molecule has 1 heterocycles. The number of halogens is 2. The molecule has 0 aliphatic heterocycles. The molecule has 116 valence electrons. The first kappa shape index (κ1) is 16.4. The number of carbonyl (C=O) groups excluding carboxylic acids is 1. The van der Waals surface area contributed by atoms with Crippen molar-refractivity contribution in [3.63, 3.8) is 0 Å². The van der Waals surface area contributed by atoms with E-state index >= 15 is 0 Å². The fourth-order valence-electron chi connectivity index (χ4n) is 2.08.